The maximum Gasteiger partial charge on any atom is 0.272 e. The lowest BCUT2D eigenvalue weighted by Crippen LogP contribution is -2.44. The molecule has 4 aromatic rings. The van der Waals surface area contributed by atoms with Crippen molar-refractivity contribution in [2.24, 2.45) is 0 Å². The molecule has 1 amide bonds. The normalized spacial score (nSPS) is 15.2. The number of ether oxygens (including phenoxy) is 2. The predicted octanol–water partition coefficient (Wildman–Crippen LogP) is 3.57. The second kappa shape index (κ2) is 10.3. The van der Waals surface area contributed by atoms with Crippen molar-refractivity contribution in [3.8, 4) is 16.5 Å². The molecule has 1 unspecified atom stereocenters. The fraction of sp³-hybridized carbons (Fsp3) is 0.280. The number of para-hydroxylation sites is 1. The molecule has 2 aromatic heterocycles. The topological polar surface area (TPSA) is 89.5 Å². The monoisotopic (exact) mass is 475 g/mol. The minimum atomic E-state index is -0.269. The van der Waals surface area contributed by atoms with E-state index in [0.29, 0.717) is 30.5 Å². The minimum Gasteiger partial charge on any atom is -0.497 e. The average molecular weight is 476 g/mol. The molecule has 2 aromatic carbocycles. The quantitative estimate of drug-likeness (QED) is 0.437. The number of morpholine rings is 1. The number of methoxy groups -OCH3 is 1. The molecular weight excluding hydrogens is 450 g/mol. The molecule has 3 heterocycles. The molecule has 1 N–H and O–H groups in total. The first-order chi connectivity index (χ1) is 16.7. The summed E-state index contributed by atoms with van der Waals surface area (Å²) >= 11 is 1.50. The molecule has 0 bridgehead atoms. The van der Waals surface area contributed by atoms with E-state index in [0.717, 1.165) is 34.6 Å². The molecule has 8 nitrogen and oxygen atoms in total. The van der Waals surface area contributed by atoms with Crippen molar-refractivity contribution in [2.45, 2.75) is 6.04 Å². The standard InChI is InChI=1S/C25H25N5O3S/c1-32-18-8-6-17(7-9-18)20(30-12-14-33-15-13-30)16-28-24(31)22-23(27-11-10-26-22)25-29-19-4-2-3-5-21(19)34-25/h2-11,20H,12-16H2,1H3,(H,28,31). The van der Waals surface area contributed by atoms with Crippen LogP contribution in [0.4, 0.5) is 0 Å². The summed E-state index contributed by atoms with van der Waals surface area (Å²) in [5.41, 5.74) is 2.76. The van der Waals surface area contributed by atoms with Crippen LogP contribution < -0.4 is 10.1 Å². The van der Waals surface area contributed by atoms with E-state index in [-0.39, 0.29) is 17.6 Å². The third kappa shape index (κ3) is 4.77. The van der Waals surface area contributed by atoms with Crippen LogP contribution in [0.2, 0.25) is 0 Å². The van der Waals surface area contributed by atoms with Gasteiger partial charge in [-0.2, -0.15) is 0 Å². The number of rotatable bonds is 7. The smallest absolute Gasteiger partial charge is 0.272 e. The lowest BCUT2D eigenvalue weighted by molar-refractivity contribution is 0.0162. The Bertz CT molecular complexity index is 1240. The third-order valence-corrected chi connectivity index (χ3v) is 6.90. The molecule has 1 atom stereocenters. The van der Waals surface area contributed by atoms with Gasteiger partial charge < -0.3 is 14.8 Å². The summed E-state index contributed by atoms with van der Waals surface area (Å²) in [6.07, 6.45) is 3.13. The van der Waals surface area contributed by atoms with Crippen LogP contribution in [0, 0.1) is 0 Å². The van der Waals surface area contributed by atoms with Crippen molar-refractivity contribution in [1.82, 2.24) is 25.2 Å². The Balaban J connectivity index is 1.38. The van der Waals surface area contributed by atoms with Gasteiger partial charge in [-0.15, -0.1) is 11.3 Å². The van der Waals surface area contributed by atoms with E-state index in [1.807, 2.05) is 48.5 Å². The zero-order valence-corrected chi connectivity index (χ0v) is 19.6. The van der Waals surface area contributed by atoms with Crippen LogP contribution >= 0.6 is 11.3 Å². The first kappa shape index (κ1) is 22.4. The Kier molecular flexibility index (Phi) is 6.75. The van der Waals surface area contributed by atoms with Gasteiger partial charge in [-0.3, -0.25) is 9.69 Å². The molecule has 9 heteroatoms. The molecule has 0 spiro atoms. The number of carbonyl (C=O) groups excluding carboxylic acids is 1. The molecule has 1 aliphatic heterocycles. The van der Waals surface area contributed by atoms with Crippen molar-refractivity contribution in [3.63, 3.8) is 0 Å². The molecule has 0 saturated carbocycles. The summed E-state index contributed by atoms with van der Waals surface area (Å²) in [4.78, 5) is 29.1. The largest absolute Gasteiger partial charge is 0.497 e. The van der Waals surface area contributed by atoms with E-state index in [4.69, 9.17) is 9.47 Å². The van der Waals surface area contributed by atoms with Crippen LogP contribution in [0.15, 0.2) is 60.9 Å². The van der Waals surface area contributed by atoms with Crippen LogP contribution in [0.25, 0.3) is 20.9 Å². The molecule has 5 rings (SSSR count). The highest BCUT2D eigenvalue weighted by Gasteiger charge is 2.25. The highest BCUT2D eigenvalue weighted by Crippen LogP contribution is 2.30. The Morgan fingerprint density at radius 1 is 1.12 bits per heavy atom. The van der Waals surface area contributed by atoms with E-state index in [2.05, 4.69) is 25.2 Å². The van der Waals surface area contributed by atoms with Gasteiger partial charge in [-0.1, -0.05) is 24.3 Å². The van der Waals surface area contributed by atoms with Crippen LogP contribution in [0.5, 0.6) is 5.75 Å². The number of amides is 1. The molecular formula is C25H25N5O3S. The Morgan fingerprint density at radius 2 is 1.88 bits per heavy atom. The van der Waals surface area contributed by atoms with Gasteiger partial charge in [-0.05, 0) is 29.8 Å². The molecule has 1 fully saturated rings. The van der Waals surface area contributed by atoms with E-state index >= 15 is 0 Å². The van der Waals surface area contributed by atoms with Gasteiger partial charge in [0.25, 0.3) is 5.91 Å². The Morgan fingerprint density at radius 3 is 2.65 bits per heavy atom. The third-order valence-electron chi connectivity index (χ3n) is 5.85. The number of carbonyl (C=O) groups is 1. The number of nitrogens with zero attached hydrogens (tertiary/aromatic N) is 4. The number of aromatic nitrogens is 3. The van der Waals surface area contributed by atoms with E-state index < -0.39 is 0 Å². The molecule has 174 valence electrons. The lowest BCUT2D eigenvalue weighted by atomic mass is 10.0. The SMILES string of the molecule is COc1ccc(C(CNC(=O)c2nccnc2-c2nc3ccccc3s2)N2CCOCC2)cc1. The van der Waals surface area contributed by atoms with E-state index in [1.165, 1.54) is 17.5 Å². The second-order valence-electron chi connectivity index (χ2n) is 7.89. The number of hydrogen-bond donors (Lipinski definition) is 1. The van der Waals surface area contributed by atoms with Gasteiger partial charge in [0.15, 0.2) is 5.69 Å². The van der Waals surface area contributed by atoms with Crippen molar-refractivity contribution in [2.75, 3.05) is 40.0 Å². The summed E-state index contributed by atoms with van der Waals surface area (Å²) < 4.78 is 11.9. The van der Waals surface area contributed by atoms with Gasteiger partial charge in [0.2, 0.25) is 0 Å². The van der Waals surface area contributed by atoms with E-state index in [1.54, 1.807) is 13.3 Å². The van der Waals surface area contributed by atoms with Crippen molar-refractivity contribution in [1.29, 1.82) is 0 Å². The first-order valence-corrected chi connectivity index (χ1v) is 12.0. The molecule has 34 heavy (non-hydrogen) atoms. The summed E-state index contributed by atoms with van der Waals surface area (Å²) in [6.45, 7) is 3.38. The maximum absolute atomic E-state index is 13.3. The van der Waals surface area contributed by atoms with Crippen molar-refractivity contribution < 1.29 is 14.3 Å². The molecule has 0 radical (unpaired) electrons. The van der Waals surface area contributed by atoms with Crippen LogP contribution in [-0.2, 0) is 4.74 Å². The zero-order chi connectivity index (χ0) is 23.3. The summed E-state index contributed by atoms with van der Waals surface area (Å²) in [6, 6.07) is 15.8. The molecule has 1 saturated heterocycles. The average Bonchev–Trinajstić information content (AvgIpc) is 3.34. The Hall–Kier alpha value is -3.40. The maximum atomic E-state index is 13.3. The van der Waals surface area contributed by atoms with Crippen LogP contribution in [0.1, 0.15) is 22.1 Å². The minimum absolute atomic E-state index is 0.00123. The van der Waals surface area contributed by atoms with Crippen molar-refractivity contribution >= 4 is 27.5 Å². The number of hydrogen-bond acceptors (Lipinski definition) is 8. The van der Waals surface area contributed by atoms with Gasteiger partial charge >= 0.3 is 0 Å². The number of nitrogens with one attached hydrogen (secondary N) is 1. The number of benzene rings is 2. The zero-order valence-electron chi connectivity index (χ0n) is 18.8. The van der Waals surface area contributed by atoms with Crippen molar-refractivity contribution in [3.05, 3.63) is 72.2 Å². The summed E-state index contributed by atoms with van der Waals surface area (Å²) in [7, 11) is 1.65. The fourth-order valence-electron chi connectivity index (χ4n) is 4.08. The van der Waals surface area contributed by atoms with Gasteiger partial charge in [0.05, 0.1) is 36.6 Å². The van der Waals surface area contributed by atoms with E-state index in [9.17, 15) is 4.79 Å². The molecule has 1 aliphatic rings. The number of thiazole rings is 1. The fourth-order valence-corrected chi connectivity index (χ4v) is 5.04. The van der Waals surface area contributed by atoms with Crippen LogP contribution in [0.3, 0.4) is 0 Å². The van der Waals surface area contributed by atoms with Crippen LogP contribution in [-0.4, -0.2) is 65.7 Å². The number of fused-ring (bicyclic) bond motifs is 1. The van der Waals surface area contributed by atoms with Gasteiger partial charge in [0.1, 0.15) is 16.5 Å². The summed E-state index contributed by atoms with van der Waals surface area (Å²) in [5.74, 6) is 0.530. The first-order valence-electron chi connectivity index (χ1n) is 11.1. The lowest BCUT2D eigenvalue weighted by Gasteiger charge is -2.35. The van der Waals surface area contributed by atoms with Gasteiger partial charge in [0, 0.05) is 32.0 Å². The highest BCUT2D eigenvalue weighted by atomic mass is 32.1. The Labute approximate surface area is 201 Å². The second-order valence-corrected chi connectivity index (χ2v) is 8.92. The highest BCUT2D eigenvalue weighted by molar-refractivity contribution is 7.21. The van der Waals surface area contributed by atoms with Gasteiger partial charge in [-0.25, -0.2) is 15.0 Å². The summed E-state index contributed by atoms with van der Waals surface area (Å²) in [5, 5.41) is 3.77. The molecule has 0 aliphatic carbocycles. The predicted molar refractivity (Wildman–Crippen MR) is 131 cm³/mol.